The minimum Gasteiger partial charge on any atom is -0.508 e. The molecule has 1 heterocycles. The first kappa shape index (κ1) is 17.9. The molecule has 0 spiro atoms. The topological polar surface area (TPSA) is 70.1 Å². The molecule has 1 aromatic heterocycles. The molecular weight excluding hydrogens is 353 g/mol. The van der Waals surface area contributed by atoms with Gasteiger partial charge in [0.1, 0.15) is 17.3 Å². The average Bonchev–Trinajstić information content (AvgIpc) is 2.97. The van der Waals surface area contributed by atoms with E-state index in [4.69, 9.17) is 0 Å². The molecule has 0 radical (unpaired) electrons. The standard InChI is InChI=1S/C19H18FN3O2S/c1-12(2)22-19-23(21-10-14-5-8-16(24)9-18(14)25)17(11-26-19)13-3-6-15(20)7-4-13/h3-12,24-25H,1-2H3. The summed E-state index contributed by atoms with van der Waals surface area (Å²) in [5, 5.41) is 25.7. The number of nitrogens with zero attached hydrogens (tertiary/aromatic N) is 3. The highest BCUT2D eigenvalue weighted by Crippen LogP contribution is 2.23. The maximum Gasteiger partial charge on any atom is 0.206 e. The first-order chi connectivity index (χ1) is 12.4. The number of rotatable bonds is 4. The molecule has 0 aliphatic carbocycles. The van der Waals surface area contributed by atoms with Gasteiger partial charge in [-0.25, -0.2) is 9.07 Å². The van der Waals surface area contributed by atoms with Gasteiger partial charge in [-0.15, -0.1) is 11.3 Å². The molecule has 3 rings (SSSR count). The van der Waals surface area contributed by atoms with E-state index < -0.39 is 0 Å². The molecule has 0 amide bonds. The van der Waals surface area contributed by atoms with E-state index in [9.17, 15) is 14.6 Å². The maximum atomic E-state index is 13.2. The van der Waals surface area contributed by atoms with Gasteiger partial charge < -0.3 is 10.2 Å². The third-order valence-corrected chi connectivity index (χ3v) is 4.35. The Morgan fingerprint density at radius 2 is 1.85 bits per heavy atom. The van der Waals surface area contributed by atoms with Gasteiger partial charge in [0, 0.05) is 28.6 Å². The Labute approximate surface area is 154 Å². The van der Waals surface area contributed by atoms with Crippen molar-refractivity contribution in [2.24, 2.45) is 10.1 Å². The van der Waals surface area contributed by atoms with Crippen LogP contribution in [0.5, 0.6) is 11.5 Å². The van der Waals surface area contributed by atoms with Crippen molar-refractivity contribution in [3.05, 3.63) is 64.0 Å². The van der Waals surface area contributed by atoms with Crippen LogP contribution in [0.1, 0.15) is 19.4 Å². The van der Waals surface area contributed by atoms with Gasteiger partial charge in [0.05, 0.1) is 11.9 Å². The van der Waals surface area contributed by atoms with Crippen molar-refractivity contribution in [2.45, 2.75) is 19.9 Å². The molecule has 0 unspecified atom stereocenters. The summed E-state index contributed by atoms with van der Waals surface area (Å²) in [6.45, 7) is 3.94. The zero-order valence-electron chi connectivity index (χ0n) is 14.3. The number of hydrogen-bond donors (Lipinski definition) is 2. The van der Waals surface area contributed by atoms with E-state index in [-0.39, 0.29) is 23.4 Å². The van der Waals surface area contributed by atoms with Crippen LogP contribution in [0.2, 0.25) is 0 Å². The van der Waals surface area contributed by atoms with E-state index in [1.165, 1.54) is 41.8 Å². The van der Waals surface area contributed by atoms with Crippen molar-refractivity contribution >= 4 is 17.6 Å². The number of thiazole rings is 1. The zero-order valence-corrected chi connectivity index (χ0v) is 15.1. The van der Waals surface area contributed by atoms with E-state index in [0.29, 0.717) is 10.4 Å². The van der Waals surface area contributed by atoms with Crippen LogP contribution < -0.4 is 4.80 Å². The van der Waals surface area contributed by atoms with Crippen molar-refractivity contribution in [1.29, 1.82) is 0 Å². The number of phenols is 2. The van der Waals surface area contributed by atoms with Crippen molar-refractivity contribution in [1.82, 2.24) is 4.68 Å². The molecular formula is C19H18FN3O2S. The van der Waals surface area contributed by atoms with Gasteiger partial charge in [0.25, 0.3) is 0 Å². The Morgan fingerprint density at radius 3 is 2.50 bits per heavy atom. The summed E-state index contributed by atoms with van der Waals surface area (Å²) in [5.74, 6) is -0.402. The highest BCUT2D eigenvalue weighted by Gasteiger charge is 2.08. The van der Waals surface area contributed by atoms with Gasteiger partial charge in [-0.05, 0) is 50.2 Å². The summed E-state index contributed by atoms with van der Waals surface area (Å²) in [6.07, 6.45) is 1.49. The number of benzene rings is 2. The summed E-state index contributed by atoms with van der Waals surface area (Å²) in [7, 11) is 0. The van der Waals surface area contributed by atoms with Crippen molar-refractivity contribution in [3.8, 4) is 22.8 Å². The van der Waals surface area contributed by atoms with Gasteiger partial charge >= 0.3 is 0 Å². The van der Waals surface area contributed by atoms with E-state index in [2.05, 4.69) is 10.1 Å². The highest BCUT2D eigenvalue weighted by atomic mass is 32.1. The highest BCUT2D eigenvalue weighted by molar-refractivity contribution is 7.07. The molecule has 0 fully saturated rings. The van der Waals surface area contributed by atoms with Gasteiger partial charge in [0.15, 0.2) is 0 Å². The van der Waals surface area contributed by atoms with Crippen molar-refractivity contribution < 1.29 is 14.6 Å². The molecule has 3 aromatic rings. The number of halogens is 1. The van der Waals surface area contributed by atoms with Crippen LogP contribution >= 0.6 is 11.3 Å². The summed E-state index contributed by atoms with van der Waals surface area (Å²) in [5.41, 5.74) is 2.03. The van der Waals surface area contributed by atoms with Gasteiger partial charge in [-0.3, -0.25) is 4.99 Å². The quantitative estimate of drug-likeness (QED) is 0.682. The lowest BCUT2D eigenvalue weighted by atomic mass is 10.2. The lowest BCUT2D eigenvalue weighted by Gasteiger charge is -2.05. The largest absolute Gasteiger partial charge is 0.508 e. The zero-order chi connectivity index (χ0) is 18.7. The molecule has 7 heteroatoms. The SMILES string of the molecule is CC(C)N=c1scc(-c2ccc(F)cc2)n1N=Cc1ccc(O)cc1O. The molecule has 2 N–H and O–H groups in total. The second-order valence-electron chi connectivity index (χ2n) is 5.93. The Kier molecular flexibility index (Phi) is 5.18. The van der Waals surface area contributed by atoms with Crippen LogP contribution in [0, 0.1) is 5.82 Å². The van der Waals surface area contributed by atoms with Crippen LogP contribution in [-0.4, -0.2) is 27.1 Å². The fourth-order valence-corrected chi connectivity index (χ4v) is 3.27. The third-order valence-electron chi connectivity index (χ3n) is 3.52. The van der Waals surface area contributed by atoms with Crippen molar-refractivity contribution in [2.75, 3.05) is 0 Å². The monoisotopic (exact) mass is 371 g/mol. The fourth-order valence-electron chi connectivity index (χ4n) is 2.30. The van der Waals surface area contributed by atoms with Crippen molar-refractivity contribution in [3.63, 3.8) is 0 Å². The Balaban J connectivity index is 2.10. The number of hydrogen-bond acceptors (Lipinski definition) is 5. The molecule has 0 saturated heterocycles. The second kappa shape index (κ2) is 7.53. The molecule has 5 nitrogen and oxygen atoms in total. The predicted molar refractivity (Wildman–Crippen MR) is 101 cm³/mol. The first-order valence-electron chi connectivity index (χ1n) is 8.00. The third kappa shape index (κ3) is 4.00. The Morgan fingerprint density at radius 1 is 1.12 bits per heavy atom. The molecule has 26 heavy (non-hydrogen) atoms. The molecule has 0 aliphatic rings. The van der Waals surface area contributed by atoms with E-state index in [1.54, 1.807) is 22.9 Å². The first-order valence-corrected chi connectivity index (χ1v) is 8.88. The van der Waals surface area contributed by atoms with E-state index >= 15 is 0 Å². The van der Waals surface area contributed by atoms with Gasteiger partial charge in [-0.1, -0.05) is 0 Å². The van der Waals surface area contributed by atoms with Gasteiger partial charge in [-0.2, -0.15) is 5.10 Å². The van der Waals surface area contributed by atoms with Crippen LogP contribution in [0.4, 0.5) is 4.39 Å². The Bertz CT molecular complexity index is 1000. The van der Waals surface area contributed by atoms with Gasteiger partial charge in [0.2, 0.25) is 4.80 Å². The van der Waals surface area contributed by atoms with Crippen LogP contribution in [-0.2, 0) is 0 Å². The number of phenolic OH excluding ortho intramolecular Hbond substituents is 2. The van der Waals surface area contributed by atoms with E-state index in [0.717, 1.165) is 11.3 Å². The number of aromatic nitrogens is 1. The smallest absolute Gasteiger partial charge is 0.206 e. The summed E-state index contributed by atoms with van der Waals surface area (Å²) < 4.78 is 14.9. The van der Waals surface area contributed by atoms with E-state index in [1.807, 2.05) is 19.2 Å². The molecule has 0 aliphatic heterocycles. The summed E-state index contributed by atoms with van der Waals surface area (Å²) in [4.78, 5) is 5.25. The summed E-state index contributed by atoms with van der Waals surface area (Å²) in [6, 6.07) is 10.5. The minimum absolute atomic E-state index is 0.0228. The molecule has 2 aromatic carbocycles. The normalized spacial score (nSPS) is 12.4. The van der Waals surface area contributed by atoms with Crippen LogP contribution in [0.25, 0.3) is 11.3 Å². The fraction of sp³-hybridized carbons (Fsp3) is 0.158. The molecule has 0 atom stereocenters. The second-order valence-corrected chi connectivity index (χ2v) is 6.77. The maximum absolute atomic E-state index is 13.2. The molecule has 134 valence electrons. The minimum atomic E-state index is -0.305. The number of aromatic hydroxyl groups is 2. The van der Waals surface area contributed by atoms with Crippen LogP contribution in [0.15, 0.2) is 57.9 Å². The van der Waals surface area contributed by atoms with Crippen LogP contribution in [0.3, 0.4) is 0 Å². The predicted octanol–water partition coefficient (Wildman–Crippen LogP) is 3.96. The lowest BCUT2D eigenvalue weighted by Crippen LogP contribution is -2.14. The Hall–Kier alpha value is -2.93. The average molecular weight is 371 g/mol. The molecule has 0 saturated carbocycles. The lowest BCUT2D eigenvalue weighted by molar-refractivity contribution is 0.450. The summed E-state index contributed by atoms with van der Waals surface area (Å²) >= 11 is 1.43. The molecule has 0 bridgehead atoms.